The summed E-state index contributed by atoms with van der Waals surface area (Å²) in [7, 11) is 0. The molecule has 3 heteroatoms. The summed E-state index contributed by atoms with van der Waals surface area (Å²) in [5.41, 5.74) is 4.12. The number of nitrogens with one attached hydrogen (secondary N) is 1. The highest BCUT2D eigenvalue weighted by Crippen LogP contribution is 2.28. The average molecular weight is 284 g/mol. The molecule has 1 aliphatic rings. The maximum absolute atomic E-state index is 6.02. The van der Waals surface area contributed by atoms with Gasteiger partial charge in [0.05, 0.1) is 13.2 Å². The zero-order valence-corrected chi connectivity index (χ0v) is 12.7. The second kappa shape index (κ2) is 6.92. The molecule has 0 saturated carbocycles. The van der Waals surface area contributed by atoms with Gasteiger partial charge in [0.1, 0.15) is 6.10 Å². The Morgan fingerprint density at radius 1 is 1.24 bits per heavy atom. The Kier molecular flexibility index (Phi) is 4.73. The molecular weight excluding hydrogens is 260 g/mol. The Hall–Kier alpha value is -1.58. The fourth-order valence-corrected chi connectivity index (χ4v) is 2.99. The number of benzene rings is 1. The number of hydrogen-bond acceptors (Lipinski definition) is 2. The van der Waals surface area contributed by atoms with Crippen molar-refractivity contribution in [2.45, 2.75) is 39.0 Å². The molecule has 112 valence electrons. The smallest absolute Gasteiger partial charge is 0.101 e. The van der Waals surface area contributed by atoms with Gasteiger partial charge in [-0.15, -0.1) is 0 Å². The third kappa shape index (κ3) is 3.36. The van der Waals surface area contributed by atoms with E-state index in [9.17, 15) is 0 Å². The molecule has 2 heterocycles. The van der Waals surface area contributed by atoms with Crippen LogP contribution in [0, 0.1) is 0 Å². The van der Waals surface area contributed by atoms with E-state index in [0.717, 1.165) is 32.7 Å². The van der Waals surface area contributed by atoms with Crippen LogP contribution in [-0.2, 0) is 24.2 Å². The second-order valence-electron chi connectivity index (χ2n) is 5.64. The van der Waals surface area contributed by atoms with E-state index in [1.54, 1.807) is 0 Å². The van der Waals surface area contributed by atoms with Gasteiger partial charge in [-0.3, -0.25) is 0 Å². The van der Waals surface area contributed by atoms with E-state index in [2.05, 4.69) is 59.4 Å². The molecule has 0 fully saturated rings. The van der Waals surface area contributed by atoms with E-state index in [1.165, 1.54) is 23.2 Å². The lowest BCUT2D eigenvalue weighted by Crippen LogP contribution is -2.22. The first kappa shape index (κ1) is 14.4. The zero-order valence-electron chi connectivity index (χ0n) is 12.7. The van der Waals surface area contributed by atoms with Crippen LogP contribution < -0.4 is 5.32 Å². The molecule has 0 bridgehead atoms. The van der Waals surface area contributed by atoms with Gasteiger partial charge >= 0.3 is 0 Å². The summed E-state index contributed by atoms with van der Waals surface area (Å²) in [6.45, 7) is 5.90. The van der Waals surface area contributed by atoms with E-state index in [0.29, 0.717) is 0 Å². The van der Waals surface area contributed by atoms with Gasteiger partial charge in [-0.2, -0.15) is 0 Å². The molecule has 21 heavy (non-hydrogen) atoms. The molecule has 3 rings (SSSR count). The maximum atomic E-state index is 6.02. The zero-order chi connectivity index (χ0) is 14.5. The Morgan fingerprint density at radius 2 is 2.14 bits per heavy atom. The fraction of sp³-hybridized carbons (Fsp3) is 0.444. The number of hydrogen-bond donors (Lipinski definition) is 1. The Balaban J connectivity index is 1.72. The van der Waals surface area contributed by atoms with Crippen LogP contribution in [0.2, 0.25) is 0 Å². The van der Waals surface area contributed by atoms with E-state index in [-0.39, 0.29) is 6.10 Å². The predicted octanol–water partition coefficient (Wildman–Crippen LogP) is 3.30. The molecule has 2 aromatic rings. The largest absolute Gasteiger partial charge is 0.371 e. The summed E-state index contributed by atoms with van der Waals surface area (Å²) in [5, 5.41) is 3.47. The highest BCUT2D eigenvalue weighted by molar-refractivity contribution is 5.31. The maximum Gasteiger partial charge on any atom is 0.101 e. The van der Waals surface area contributed by atoms with E-state index in [4.69, 9.17) is 4.74 Å². The standard InChI is InChI=1S/C18H24N2O/c1-2-10-19-13-16-7-5-11-20(16)14-18-17-8-4-3-6-15(17)9-12-21-18/h3-8,11,18-19H,2,9-10,12-14H2,1H3. The molecule has 3 nitrogen and oxygen atoms in total. The Labute approximate surface area is 126 Å². The van der Waals surface area contributed by atoms with Crippen molar-refractivity contribution in [3.63, 3.8) is 0 Å². The predicted molar refractivity (Wildman–Crippen MR) is 85.3 cm³/mol. The van der Waals surface area contributed by atoms with Crippen LogP contribution in [0.1, 0.15) is 36.3 Å². The first-order valence-corrected chi connectivity index (χ1v) is 7.92. The highest BCUT2D eigenvalue weighted by atomic mass is 16.5. The van der Waals surface area contributed by atoms with Crippen molar-refractivity contribution in [1.29, 1.82) is 0 Å². The minimum Gasteiger partial charge on any atom is -0.371 e. The molecule has 0 saturated heterocycles. The molecule has 0 aliphatic carbocycles. The second-order valence-corrected chi connectivity index (χ2v) is 5.64. The molecule has 1 atom stereocenters. The molecule has 0 radical (unpaired) electrons. The first-order chi connectivity index (χ1) is 10.4. The summed E-state index contributed by atoms with van der Waals surface area (Å²) in [4.78, 5) is 0. The lowest BCUT2D eigenvalue weighted by molar-refractivity contribution is 0.0301. The van der Waals surface area contributed by atoms with Crippen LogP contribution in [0.3, 0.4) is 0 Å². The van der Waals surface area contributed by atoms with Crippen LogP contribution >= 0.6 is 0 Å². The van der Waals surface area contributed by atoms with E-state index >= 15 is 0 Å². The molecular formula is C18H24N2O. The highest BCUT2D eigenvalue weighted by Gasteiger charge is 2.21. The summed E-state index contributed by atoms with van der Waals surface area (Å²) < 4.78 is 8.33. The van der Waals surface area contributed by atoms with Gasteiger partial charge < -0.3 is 14.6 Å². The molecule has 1 unspecified atom stereocenters. The van der Waals surface area contributed by atoms with Gasteiger partial charge in [0.2, 0.25) is 0 Å². The van der Waals surface area contributed by atoms with Crippen molar-refractivity contribution < 1.29 is 4.74 Å². The van der Waals surface area contributed by atoms with Crippen molar-refractivity contribution >= 4 is 0 Å². The number of nitrogens with zero attached hydrogens (tertiary/aromatic N) is 1. The van der Waals surface area contributed by atoms with Crippen molar-refractivity contribution in [3.8, 4) is 0 Å². The monoisotopic (exact) mass is 284 g/mol. The molecule has 1 N–H and O–H groups in total. The van der Waals surface area contributed by atoms with Crippen LogP contribution in [0.25, 0.3) is 0 Å². The third-order valence-corrected chi connectivity index (χ3v) is 4.11. The first-order valence-electron chi connectivity index (χ1n) is 7.92. The van der Waals surface area contributed by atoms with Gasteiger partial charge in [-0.1, -0.05) is 31.2 Å². The van der Waals surface area contributed by atoms with Gasteiger partial charge in [-0.25, -0.2) is 0 Å². The summed E-state index contributed by atoms with van der Waals surface area (Å²) in [6.07, 6.45) is 4.53. The number of ether oxygens (including phenoxy) is 1. The molecule has 1 aliphatic heterocycles. The van der Waals surface area contributed by atoms with Crippen molar-refractivity contribution in [2.24, 2.45) is 0 Å². The minimum absolute atomic E-state index is 0.173. The molecule has 0 amide bonds. The van der Waals surface area contributed by atoms with Crippen LogP contribution in [0.15, 0.2) is 42.6 Å². The number of fused-ring (bicyclic) bond motifs is 1. The Morgan fingerprint density at radius 3 is 3.05 bits per heavy atom. The Bertz CT molecular complexity index is 576. The topological polar surface area (TPSA) is 26.2 Å². The summed E-state index contributed by atoms with van der Waals surface area (Å²) in [6, 6.07) is 13.0. The summed E-state index contributed by atoms with van der Waals surface area (Å²) in [5.74, 6) is 0. The quantitative estimate of drug-likeness (QED) is 0.824. The average Bonchev–Trinajstić information content (AvgIpc) is 2.95. The van der Waals surface area contributed by atoms with Gasteiger partial charge in [-0.05, 0) is 42.6 Å². The van der Waals surface area contributed by atoms with Crippen LogP contribution in [0.5, 0.6) is 0 Å². The molecule has 1 aromatic carbocycles. The lowest BCUT2D eigenvalue weighted by atomic mass is 9.97. The van der Waals surface area contributed by atoms with E-state index < -0.39 is 0 Å². The van der Waals surface area contributed by atoms with E-state index in [1.807, 2.05) is 0 Å². The van der Waals surface area contributed by atoms with Crippen LogP contribution in [0.4, 0.5) is 0 Å². The SMILES string of the molecule is CCCNCc1cccn1CC1OCCc2ccccc21. The fourth-order valence-electron chi connectivity index (χ4n) is 2.99. The number of aromatic nitrogens is 1. The van der Waals surface area contributed by atoms with Crippen molar-refractivity contribution in [3.05, 3.63) is 59.4 Å². The normalized spacial score (nSPS) is 17.7. The van der Waals surface area contributed by atoms with Gasteiger partial charge in [0.25, 0.3) is 0 Å². The molecule has 1 aromatic heterocycles. The summed E-state index contributed by atoms with van der Waals surface area (Å²) >= 11 is 0. The van der Waals surface area contributed by atoms with Crippen LogP contribution in [-0.4, -0.2) is 17.7 Å². The van der Waals surface area contributed by atoms with Crippen molar-refractivity contribution in [1.82, 2.24) is 9.88 Å². The minimum atomic E-state index is 0.173. The molecule has 0 spiro atoms. The van der Waals surface area contributed by atoms with Gasteiger partial charge in [0.15, 0.2) is 0 Å². The van der Waals surface area contributed by atoms with Gasteiger partial charge in [0, 0.05) is 18.4 Å². The number of rotatable bonds is 6. The van der Waals surface area contributed by atoms with Crippen molar-refractivity contribution in [2.75, 3.05) is 13.2 Å². The third-order valence-electron chi connectivity index (χ3n) is 4.11. The lowest BCUT2D eigenvalue weighted by Gasteiger charge is -2.27.